The average molecular weight is 273 g/mol. The maximum Gasteiger partial charge on any atom is 0.0379 e. The summed E-state index contributed by atoms with van der Waals surface area (Å²) in [5, 5.41) is 0.210. The van der Waals surface area contributed by atoms with Crippen molar-refractivity contribution in [2.75, 3.05) is 0 Å². The first-order valence-electron chi connectivity index (χ1n) is 6.89. The van der Waals surface area contributed by atoms with Crippen LogP contribution in [0.1, 0.15) is 28.7 Å². The largest absolute Gasteiger partial charge is 0.123 e. The van der Waals surface area contributed by atoms with Gasteiger partial charge in [-0.2, -0.15) is 0 Å². The van der Waals surface area contributed by atoms with Gasteiger partial charge in [0, 0.05) is 5.38 Å². The lowest BCUT2D eigenvalue weighted by molar-refractivity contribution is 0.743. The van der Waals surface area contributed by atoms with Crippen molar-refractivity contribution in [2.45, 2.75) is 38.5 Å². The van der Waals surface area contributed by atoms with Gasteiger partial charge in [0.2, 0.25) is 0 Å². The molecule has 0 aliphatic carbocycles. The van der Waals surface area contributed by atoms with E-state index in [1.54, 1.807) is 0 Å². The van der Waals surface area contributed by atoms with Crippen LogP contribution in [0.25, 0.3) is 0 Å². The normalized spacial score (nSPS) is 12.4. The lowest BCUT2D eigenvalue weighted by Gasteiger charge is -2.11. The Balaban J connectivity index is 1.87. The van der Waals surface area contributed by atoms with E-state index >= 15 is 0 Å². The van der Waals surface area contributed by atoms with Crippen LogP contribution in [0, 0.1) is 13.8 Å². The zero-order chi connectivity index (χ0) is 13.7. The SMILES string of the molecule is Cc1ccc(CC(Cl)CCc2ccccc2)cc1C. The summed E-state index contributed by atoms with van der Waals surface area (Å²) in [7, 11) is 0. The first kappa shape index (κ1) is 14.1. The van der Waals surface area contributed by atoms with Crippen LogP contribution in [-0.2, 0) is 12.8 Å². The lowest BCUT2D eigenvalue weighted by Crippen LogP contribution is -2.05. The maximum absolute atomic E-state index is 6.46. The summed E-state index contributed by atoms with van der Waals surface area (Å²) in [6.45, 7) is 4.30. The highest BCUT2D eigenvalue weighted by atomic mass is 35.5. The molecule has 0 fully saturated rings. The molecule has 0 aromatic heterocycles. The molecule has 2 aromatic rings. The van der Waals surface area contributed by atoms with Crippen molar-refractivity contribution in [3.05, 3.63) is 70.8 Å². The molecule has 0 nitrogen and oxygen atoms in total. The van der Waals surface area contributed by atoms with E-state index in [0.29, 0.717) is 0 Å². The molecular weight excluding hydrogens is 252 g/mol. The Hall–Kier alpha value is -1.27. The Morgan fingerprint density at radius 3 is 2.32 bits per heavy atom. The summed E-state index contributed by atoms with van der Waals surface area (Å²) >= 11 is 6.46. The molecule has 1 unspecified atom stereocenters. The van der Waals surface area contributed by atoms with Crippen molar-refractivity contribution in [1.82, 2.24) is 0 Å². The summed E-state index contributed by atoms with van der Waals surface area (Å²) < 4.78 is 0. The van der Waals surface area contributed by atoms with E-state index in [-0.39, 0.29) is 5.38 Å². The Bertz CT molecular complexity index is 516. The fraction of sp³-hybridized carbons (Fsp3) is 0.333. The van der Waals surface area contributed by atoms with Crippen LogP contribution in [-0.4, -0.2) is 5.38 Å². The van der Waals surface area contributed by atoms with Crippen molar-refractivity contribution in [1.29, 1.82) is 0 Å². The molecule has 100 valence electrons. The van der Waals surface area contributed by atoms with Crippen LogP contribution in [0.15, 0.2) is 48.5 Å². The predicted octanol–water partition coefficient (Wildman–Crippen LogP) is 5.09. The van der Waals surface area contributed by atoms with Gasteiger partial charge < -0.3 is 0 Å². The lowest BCUT2D eigenvalue weighted by atomic mass is 10.0. The number of hydrogen-bond donors (Lipinski definition) is 0. The highest BCUT2D eigenvalue weighted by Gasteiger charge is 2.07. The number of benzene rings is 2. The van der Waals surface area contributed by atoms with E-state index in [1.165, 1.54) is 22.3 Å². The average Bonchev–Trinajstić information content (AvgIpc) is 2.42. The monoisotopic (exact) mass is 272 g/mol. The third kappa shape index (κ3) is 4.40. The Labute approximate surface area is 121 Å². The van der Waals surface area contributed by atoms with Crippen molar-refractivity contribution in [2.24, 2.45) is 0 Å². The molecule has 0 bridgehead atoms. The molecule has 2 aromatic carbocycles. The molecule has 0 radical (unpaired) electrons. The van der Waals surface area contributed by atoms with E-state index < -0.39 is 0 Å². The van der Waals surface area contributed by atoms with Gasteiger partial charge in [0.05, 0.1) is 0 Å². The number of halogens is 1. The molecule has 2 rings (SSSR count). The van der Waals surface area contributed by atoms with Crippen LogP contribution in [0.5, 0.6) is 0 Å². The third-order valence-electron chi connectivity index (χ3n) is 3.62. The molecule has 0 heterocycles. The van der Waals surface area contributed by atoms with Crippen molar-refractivity contribution in [3.8, 4) is 0 Å². The Morgan fingerprint density at radius 1 is 0.895 bits per heavy atom. The minimum absolute atomic E-state index is 0.210. The second-order valence-corrected chi connectivity index (χ2v) is 5.86. The molecule has 0 amide bonds. The predicted molar refractivity (Wildman–Crippen MR) is 84.0 cm³/mol. The Morgan fingerprint density at radius 2 is 1.63 bits per heavy atom. The van der Waals surface area contributed by atoms with Gasteiger partial charge in [0.1, 0.15) is 0 Å². The topological polar surface area (TPSA) is 0 Å². The van der Waals surface area contributed by atoms with E-state index in [9.17, 15) is 0 Å². The zero-order valence-electron chi connectivity index (χ0n) is 11.7. The van der Waals surface area contributed by atoms with Crippen molar-refractivity contribution < 1.29 is 0 Å². The molecule has 0 saturated carbocycles. The van der Waals surface area contributed by atoms with Crippen molar-refractivity contribution in [3.63, 3.8) is 0 Å². The standard InChI is InChI=1S/C18H21Cl/c1-14-8-9-17(12-15(14)2)13-18(19)11-10-16-6-4-3-5-7-16/h3-9,12,18H,10-11,13H2,1-2H3. The van der Waals surface area contributed by atoms with E-state index in [1.807, 2.05) is 0 Å². The maximum atomic E-state index is 6.46. The minimum Gasteiger partial charge on any atom is -0.123 e. The van der Waals surface area contributed by atoms with Crippen LogP contribution in [0.3, 0.4) is 0 Å². The van der Waals surface area contributed by atoms with Gasteiger partial charge in [-0.3, -0.25) is 0 Å². The van der Waals surface area contributed by atoms with Gasteiger partial charge in [0.15, 0.2) is 0 Å². The van der Waals surface area contributed by atoms with Crippen molar-refractivity contribution >= 4 is 11.6 Å². The quantitative estimate of drug-likeness (QED) is 0.666. The summed E-state index contributed by atoms with van der Waals surface area (Å²) in [5.74, 6) is 0. The van der Waals surface area contributed by atoms with Gasteiger partial charge >= 0.3 is 0 Å². The molecule has 0 aliphatic heterocycles. The van der Waals surface area contributed by atoms with Gasteiger partial charge in [0.25, 0.3) is 0 Å². The van der Waals surface area contributed by atoms with Crippen LogP contribution >= 0.6 is 11.6 Å². The highest BCUT2D eigenvalue weighted by Crippen LogP contribution is 2.17. The fourth-order valence-electron chi connectivity index (χ4n) is 2.26. The minimum atomic E-state index is 0.210. The molecule has 1 atom stereocenters. The third-order valence-corrected chi connectivity index (χ3v) is 3.99. The molecule has 0 aliphatic rings. The van der Waals surface area contributed by atoms with Gasteiger partial charge in [-0.1, -0.05) is 48.5 Å². The fourth-order valence-corrected chi connectivity index (χ4v) is 2.54. The number of aryl methyl sites for hydroxylation is 3. The summed E-state index contributed by atoms with van der Waals surface area (Å²) in [6.07, 6.45) is 3.04. The molecular formula is C18H21Cl. The number of rotatable bonds is 5. The Kier molecular flexibility index (Phi) is 5.04. The number of alkyl halides is 1. The molecule has 1 heteroatoms. The van der Waals surface area contributed by atoms with Crippen LogP contribution in [0.2, 0.25) is 0 Å². The van der Waals surface area contributed by atoms with Gasteiger partial charge in [-0.15, -0.1) is 11.6 Å². The highest BCUT2D eigenvalue weighted by molar-refractivity contribution is 6.20. The molecule has 0 saturated heterocycles. The first-order chi connectivity index (χ1) is 9.15. The zero-order valence-corrected chi connectivity index (χ0v) is 12.5. The summed E-state index contributed by atoms with van der Waals surface area (Å²) in [4.78, 5) is 0. The van der Waals surface area contributed by atoms with Crippen LogP contribution in [0.4, 0.5) is 0 Å². The molecule has 0 spiro atoms. The second-order valence-electron chi connectivity index (χ2n) is 5.24. The van der Waals surface area contributed by atoms with Gasteiger partial charge in [-0.05, 0) is 55.4 Å². The van der Waals surface area contributed by atoms with Gasteiger partial charge in [-0.25, -0.2) is 0 Å². The van der Waals surface area contributed by atoms with E-state index in [4.69, 9.17) is 11.6 Å². The second kappa shape index (κ2) is 6.77. The van der Waals surface area contributed by atoms with Crippen LogP contribution < -0.4 is 0 Å². The summed E-state index contributed by atoms with van der Waals surface area (Å²) in [6, 6.07) is 17.2. The number of hydrogen-bond acceptors (Lipinski definition) is 0. The molecule has 19 heavy (non-hydrogen) atoms. The molecule has 0 N–H and O–H groups in total. The van der Waals surface area contributed by atoms with E-state index in [0.717, 1.165) is 19.3 Å². The smallest absolute Gasteiger partial charge is 0.0379 e. The van der Waals surface area contributed by atoms with E-state index in [2.05, 4.69) is 62.4 Å². The first-order valence-corrected chi connectivity index (χ1v) is 7.33. The summed E-state index contributed by atoms with van der Waals surface area (Å²) in [5.41, 5.74) is 5.41.